The van der Waals surface area contributed by atoms with E-state index in [9.17, 15) is 4.79 Å². The monoisotopic (exact) mass is 369 g/mol. The van der Waals surface area contributed by atoms with Crippen LogP contribution in [0.4, 0.5) is 0 Å². The van der Waals surface area contributed by atoms with E-state index in [-0.39, 0.29) is 17.9 Å². The lowest BCUT2D eigenvalue weighted by Crippen LogP contribution is -2.42. The highest BCUT2D eigenvalue weighted by Gasteiger charge is 2.31. The minimum absolute atomic E-state index is 0.0822. The summed E-state index contributed by atoms with van der Waals surface area (Å²) in [6.07, 6.45) is 4.64. The van der Waals surface area contributed by atoms with Crippen molar-refractivity contribution >= 4 is 5.91 Å². The number of hydrogen-bond donors (Lipinski definition) is 0. The molecule has 1 amide bonds. The molecule has 0 spiro atoms. The van der Waals surface area contributed by atoms with Crippen molar-refractivity contribution < 1.29 is 14.3 Å². The molecule has 2 saturated heterocycles. The van der Waals surface area contributed by atoms with Gasteiger partial charge in [-0.2, -0.15) is 5.10 Å². The van der Waals surface area contributed by atoms with Crippen LogP contribution in [-0.4, -0.2) is 53.0 Å². The lowest BCUT2D eigenvalue weighted by Gasteiger charge is -2.32. The van der Waals surface area contributed by atoms with Crippen molar-refractivity contribution in [1.29, 1.82) is 0 Å². The molecule has 0 saturated carbocycles. The van der Waals surface area contributed by atoms with E-state index in [1.165, 1.54) is 5.56 Å². The first kappa shape index (κ1) is 18.0. The standard InChI is InChI=1S/C21H27N3O3/c1-15-3-5-17(6-4-15)27-18-7-10-24(11-8-18)21(25)19-13-23(2)22-20(19)16-9-12-26-14-16/h3-6,13,16,18H,7-12,14H2,1-2H3. The van der Waals surface area contributed by atoms with Gasteiger partial charge in [0, 0.05) is 51.7 Å². The Morgan fingerprint density at radius 3 is 2.59 bits per heavy atom. The predicted octanol–water partition coefficient (Wildman–Crippen LogP) is 2.92. The highest BCUT2D eigenvalue weighted by molar-refractivity contribution is 5.95. The van der Waals surface area contributed by atoms with E-state index in [1.807, 2.05) is 30.3 Å². The average Bonchev–Trinajstić information content (AvgIpc) is 3.33. The van der Waals surface area contributed by atoms with Crippen LogP contribution < -0.4 is 4.74 Å². The number of carbonyl (C=O) groups is 1. The van der Waals surface area contributed by atoms with Crippen molar-refractivity contribution in [3.05, 3.63) is 47.3 Å². The summed E-state index contributed by atoms with van der Waals surface area (Å²) in [4.78, 5) is 15.0. The predicted molar refractivity (Wildman–Crippen MR) is 102 cm³/mol. The molecular formula is C21H27N3O3. The van der Waals surface area contributed by atoms with E-state index in [0.29, 0.717) is 19.7 Å². The molecule has 3 heterocycles. The van der Waals surface area contributed by atoms with Gasteiger partial charge in [0.15, 0.2) is 0 Å². The summed E-state index contributed by atoms with van der Waals surface area (Å²) in [6, 6.07) is 8.15. The number of piperidine rings is 1. The fourth-order valence-electron chi connectivity index (χ4n) is 3.88. The summed E-state index contributed by atoms with van der Waals surface area (Å²) in [7, 11) is 1.87. The normalized spacial score (nSPS) is 20.8. The number of likely N-dealkylation sites (tertiary alicyclic amines) is 1. The minimum atomic E-state index is 0.0822. The van der Waals surface area contributed by atoms with Gasteiger partial charge in [-0.3, -0.25) is 9.48 Å². The number of nitrogens with zero attached hydrogens (tertiary/aromatic N) is 3. The first-order valence-electron chi connectivity index (χ1n) is 9.74. The average molecular weight is 369 g/mol. The number of hydrogen-bond acceptors (Lipinski definition) is 4. The molecule has 6 heteroatoms. The van der Waals surface area contributed by atoms with Crippen molar-refractivity contribution in [3.8, 4) is 5.75 Å². The number of ether oxygens (including phenoxy) is 2. The first-order valence-corrected chi connectivity index (χ1v) is 9.74. The molecule has 4 rings (SSSR count). The molecule has 2 aromatic rings. The first-order chi connectivity index (χ1) is 13.1. The highest BCUT2D eigenvalue weighted by Crippen LogP contribution is 2.28. The van der Waals surface area contributed by atoms with Crippen molar-refractivity contribution in [1.82, 2.24) is 14.7 Å². The SMILES string of the molecule is Cc1ccc(OC2CCN(C(=O)c3cn(C)nc3C3CCOC3)CC2)cc1. The third-order valence-corrected chi connectivity index (χ3v) is 5.46. The topological polar surface area (TPSA) is 56.6 Å². The Kier molecular flexibility index (Phi) is 5.16. The minimum Gasteiger partial charge on any atom is -0.490 e. The van der Waals surface area contributed by atoms with Crippen molar-refractivity contribution in [2.45, 2.75) is 38.2 Å². The summed E-state index contributed by atoms with van der Waals surface area (Å²) < 4.78 is 13.3. The van der Waals surface area contributed by atoms with E-state index >= 15 is 0 Å². The van der Waals surface area contributed by atoms with Crippen molar-refractivity contribution in [2.24, 2.45) is 7.05 Å². The molecule has 1 aromatic heterocycles. The molecule has 2 aliphatic rings. The zero-order valence-corrected chi connectivity index (χ0v) is 16.1. The summed E-state index contributed by atoms with van der Waals surface area (Å²) in [5.41, 5.74) is 2.84. The van der Waals surface area contributed by atoms with Crippen LogP contribution in [-0.2, 0) is 11.8 Å². The van der Waals surface area contributed by atoms with Gasteiger partial charge in [0.05, 0.1) is 17.9 Å². The van der Waals surface area contributed by atoms with Crippen LogP contribution in [0, 0.1) is 6.92 Å². The van der Waals surface area contributed by atoms with Gasteiger partial charge >= 0.3 is 0 Å². The molecule has 2 aliphatic heterocycles. The van der Waals surface area contributed by atoms with E-state index < -0.39 is 0 Å². The van der Waals surface area contributed by atoms with Gasteiger partial charge in [-0.15, -0.1) is 0 Å². The number of carbonyl (C=O) groups excluding carboxylic acids is 1. The zero-order valence-electron chi connectivity index (χ0n) is 16.1. The van der Waals surface area contributed by atoms with Gasteiger partial charge in [0.1, 0.15) is 11.9 Å². The maximum absolute atomic E-state index is 13.1. The van der Waals surface area contributed by atoms with Crippen LogP contribution in [0.15, 0.2) is 30.5 Å². The van der Waals surface area contributed by atoms with E-state index in [0.717, 1.165) is 42.9 Å². The number of aromatic nitrogens is 2. The Bertz CT molecular complexity index is 786. The molecule has 27 heavy (non-hydrogen) atoms. The van der Waals surface area contributed by atoms with Gasteiger partial charge in [0.25, 0.3) is 5.91 Å². The fourth-order valence-corrected chi connectivity index (χ4v) is 3.88. The van der Waals surface area contributed by atoms with Crippen LogP contribution in [0.3, 0.4) is 0 Å². The number of aryl methyl sites for hydroxylation is 2. The molecule has 0 aliphatic carbocycles. The van der Waals surface area contributed by atoms with Crippen LogP contribution >= 0.6 is 0 Å². The molecule has 6 nitrogen and oxygen atoms in total. The van der Waals surface area contributed by atoms with E-state index in [2.05, 4.69) is 24.2 Å². The molecule has 144 valence electrons. The molecular weight excluding hydrogens is 342 g/mol. The van der Waals surface area contributed by atoms with Gasteiger partial charge in [0.2, 0.25) is 0 Å². The summed E-state index contributed by atoms with van der Waals surface area (Å²) in [6.45, 7) is 4.90. The van der Waals surface area contributed by atoms with Crippen LogP contribution in [0.2, 0.25) is 0 Å². The number of benzene rings is 1. The Hall–Kier alpha value is -2.34. The fraction of sp³-hybridized carbons (Fsp3) is 0.524. The molecule has 1 atom stereocenters. The lowest BCUT2D eigenvalue weighted by atomic mass is 9.99. The molecule has 2 fully saturated rings. The second kappa shape index (κ2) is 7.72. The zero-order chi connectivity index (χ0) is 18.8. The largest absolute Gasteiger partial charge is 0.490 e. The molecule has 0 radical (unpaired) electrons. The van der Waals surface area contributed by atoms with Crippen molar-refractivity contribution in [3.63, 3.8) is 0 Å². The number of rotatable bonds is 4. The molecule has 1 aromatic carbocycles. The van der Waals surface area contributed by atoms with Gasteiger partial charge in [-0.25, -0.2) is 0 Å². The maximum atomic E-state index is 13.1. The third kappa shape index (κ3) is 4.00. The van der Waals surface area contributed by atoms with Crippen LogP contribution in [0.1, 0.15) is 46.8 Å². The summed E-state index contributed by atoms with van der Waals surface area (Å²) in [5.74, 6) is 1.22. The Labute approximate surface area is 160 Å². The maximum Gasteiger partial charge on any atom is 0.257 e. The second-order valence-corrected chi connectivity index (χ2v) is 7.58. The molecule has 1 unspecified atom stereocenters. The summed E-state index contributed by atoms with van der Waals surface area (Å²) in [5, 5.41) is 4.55. The second-order valence-electron chi connectivity index (χ2n) is 7.58. The Balaban J connectivity index is 1.38. The third-order valence-electron chi connectivity index (χ3n) is 5.46. The van der Waals surface area contributed by atoms with Crippen molar-refractivity contribution in [2.75, 3.05) is 26.3 Å². The highest BCUT2D eigenvalue weighted by atomic mass is 16.5. The Morgan fingerprint density at radius 2 is 1.93 bits per heavy atom. The van der Waals surface area contributed by atoms with Crippen LogP contribution in [0.25, 0.3) is 0 Å². The summed E-state index contributed by atoms with van der Waals surface area (Å²) >= 11 is 0. The molecule has 0 N–H and O–H groups in total. The molecule has 0 bridgehead atoms. The van der Waals surface area contributed by atoms with Crippen LogP contribution in [0.5, 0.6) is 5.75 Å². The quantitative estimate of drug-likeness (QED) is 0.832. The van der Waals surface area contributed by atoms with E-state index in [1.54, 1.807) is 4.68 Å². The smallest absolute Gasteiger partial charge is 0.257 e. The number of amides is 1. The lowest BCUT2D eigenvalue weighted by molar-refractivity contribution is 0.0594. The Morgan fingerprint density at radius 1 is 1.19 bits per heavy atom. The van der Waals surface area contributed by atoms with Gasteiger partial charge in [-0.1, -0.05) is 17.7 Å². The van der Waals surface area contributed by atoms with Gasteiger partial charge < -0.3 is 14.4 Å². The van der Waals surface area contributed by atoms with E-state index in [4.69, 9.17) is 9.47 Å². The van der Waals surface area contributed by atoms with Gasteiger partial charge in [-0.05, 0) is 25.5 Å².